The molecule has 0 spiro atoms. The summed E-state index contributed by atoms with van der Waals surface area (Å²) in [5.74, 6) is 0.316. The van der Waals surface area contributed by atoms with Crippen molar-refractivity contribution in [2.75, 3.05) is 33.3 Å². The van der Waals surface area contributed by atoms with E-state index < -0.39 is 0 Å². The molecule has 0 N–H and O–H groups in total. The van der Waals surface area contributed by atoms with Gasteiger partial charge < -0.3 is 14.5 Å². The molecule has 0 unspecified atom stereocenters. The van der Waals surface area contributed by atoms with Crippen LogP contribution in [0.25, 0.3) is 0 Å². The number of carbonyl (C=O) groups is 2. The number of amides is 2. The summed E-state index contributed by atoms with van der Waals surface area (Å²) in [5, 5.41) is 0. The lowest BCUT2D eigenvalue weighted by Crippen LogP contribution is -2.50. The molecule has 0 saturated carbocycles. The van der Waals surface area contributed by atoms with Gasteiger partial charge in [-0.25, -0.2) is 4.39 Å². The molecule has 0 aliphatic carbocycles. The molecule has 3 rings (SSSR count). The first-order chi connectivity index (χ1) is 13.5. The van der Waals surface area contributed by atoms with Crippen molar-refractivity contribution in [1.29, 1.82) is 0 Å². The summed E-state index contributed by atoms with van der Waals surface area (Å²) >= 11 is 0. The van der Waals surface area contributed by atoms with Gasteiger partial charge in [0.15, 0.2) is 0 Å². The molecule has 1 heterocycles. The highest BCUT2D eigenvalue weighted by molar-refractivity contribution is 5.94. The van der Waals surface area contributed by atoms with Crippen molar-refractivity contribution in [2.24, 2.45) is 0 Å². The lowest BCUT2D eigenvalue weighted by molar-refractivity contribution is -0.132. The van der Waals surface area contributed by atoms with E-state index in [1.54, 1.807) is 36.0 Å². The number of hydrogen-bond donors (Lipinski definition) is 0. The number of aryl methyl sites for hydroxylation is 2. The minimum Gasteiger partial charge on any atom is -0.497 e. The third-order valence-corrected chi connectivity index (χ3v) is 5.12. The molecule has 6 heteroatoms. The Morgan fingerprint density at radius 3 is 2.25 bits per heavy atom. The molecule has 0 atom stereocenters. The number of methoxy groups -OCH3 is 1. The third kappa shape index (κ3) is 4.68. The predicted molar refractivity (Wildman–Crippen MR) is 105 cm³/mol. The standard InChI is InChI=1S/C22H25FN2O3/c1-16-3-7-18(15-20(16)23)22(27)25-13-11-24(12-14-25)21(26)10-6-17-4-8-19(28-2)9-5-17/h3-5,7-9,15H,6,10-14H2,1-2H3. The number of halogens is 1. The Morgan fingerprint density at radius 1 is 1.00 bits per heavy atom. The lowest BCUT2D eigenvalue weighted by Gasteiger charge is -2.35. The maximum Gasteiger partial charge on any atom is 0.254 e. The molecule has 28 heavy (non-hydrogen) atoms. The average molecular weight is 384 g/mol. The molecule has 2 aromatic rings. The Bertz CT molecular complexity index is 843. The van der Waals surface area contributed by atoms with Gasteiger partial charge in [-0.05, 0) is 48.7 Å². The molecule has 148 valence electrons. The highest BCUT2D eigenvalue weighted by Gasteiger charge is 2.25. The molecular weight excluding hydrogens is 359 g/mol. The Hall–Kier alpha value is -2.89. The van der Waals surface area contributed by atoms with Crippen molar-refractivity contribution in [2.45, 2.75) is 19.8 Å². The van der Waals surface area contributed by atoms with Crippen LogP contribution in [0.5, 0.6) is 5.75 Å². The fourth-order valence-electron chi connectivity index (χ4n) is 3.27. The van der Waals surface area contributed by atoms with Gasteiger partial charge in [0.1, 0.15) is 11.6 Å². The van der Waals surface area contributed by atoms with Gasteiger partial charge in [0, 0.05) is 38.2 Å². The summed E-state index contributed by atoms with van der Waals surface area (Å²) in [4.78, 5) is 28.5. The number of carbonyl (C=O) groups excluding carboxylic acids is 2. The second-order valence-electron chi connectivity index (χ2n) is 6.99. The van der Waals surface area contributed by atoms with Gasteiger partial charge in [0.25, 0.3) is 5.91 Å². The van der Waals surface area contributed by atoms with Gasteiger partial charge in [-0.3, -0.25) is 9.59 Å². The van der Waals surface area contributed by atoms with E-state index in [1.165, 1.54) is 6.07 Å². The zero-order valence-electron chi connectivity index (χ0n) is 16.3. The SMILES string of the molecule is COc1ccc(CCC(=O)N2CCN(C(=O)c3ccc(C)c(F)c3)CC2)cc1. The lowest BCUT2D eigenvalue weighted by atomic mass is 10.1. The Kier molecular flexibility index (Phi) is 6.29. The van der Waals surface area contributed by atoms with Gasteiger partial charge in [-0.2, -0.15) is 0 Å². The van der Waals surface area contributed by atoms with Crippen LogP contribution in [-0.4, -0.2) is 54.9 Å². The summed E-state index contributed by atoms with van der Waals surface area (Å²) in [7, 11) is 1.62. The van der Waals surface area contributed by atoms with Crippen LogP contribution >= 0.6 is 0 Å². The minimum atomic E-state index is -0.377. The summed E-state index contributed by atoms with van der Waals surface area (Å²) in [6, 6.07) is 12.2. The van der Waals surface area contributed by atoms with Crippen LogP contribution in [0.1, 0.15) is 27.9 Å². The number of hydrogen-bond acceptors (Lipinski definition) is 3. The minimum absolute atomic E-state index is 0.0873. The Morgan fingerprint density at radius 2 is 1.64 bits per heavy atom. The van der Waals surface area contributed by atoms with Gasteiger partial charge in [0.2, 0.25) is 5.91 Å². The zero-order chi connectivity index (χ0) is 20.1. The number of nitrogens with zero attached hydrogens (tertiary/aromatic N) is 2. The Labute approximate surface area is 164 Å². The van der Waals surface area contributed by atoms with Crippen LogP contribution in [0.15, 0.2) is 42.5 Å². The molecule has 0 radical (unpaired) electrons. The zero-order valence-corrected chi connectivity index (χ0v) is 16.3. The molecule has 2 aromatic carbocycles. The fraction of sp³-hybridized carbons (Fsp3) is 0.364. The predicted octanol–water partition coefficient (Wildman–Crippen LogP) is 3.06. The maximum absolute atomic E-state index is 13.7. The maximum atomic E-state index is 13.7. The van der Waals surface area contributed by atoms with Crippen molar-refractivity contribution >= 4 is 11.8 Å². The second kappa shape index (κ2) is 8.87. The molecule has 0 aromatic heterocycles. The first-order valence-corrected chi connectivity index (χ1v) is 9.44. The van der Waals surface area contributed by atoms with Crippen molar-refractivity contribution in [3.05, 3.63) is 65.0 Å². The number of benzene rings is 2. The van der Waals surface area contributed by atoms with E-state index in [9.17, 15) is 14.0 Å². The number of ether oxygens (including phenoxy) is 1. The van der Waals surface area contributed by atoms with E-state index in [0.717, 1.165) is 11.3 Å². The number of rotatable bonds is 5. The monoisotopic (exact) mass is 384 g/mol. The molecule has 1 aliphatic rings. The average Bonchev–Trinajstić information content (AvgIpc) is 2.74. The summed E-state index contributed by atoms with van der Waals surface area (Å²) < 4.78 is 18.8. The van der Waals surface area contributed by atoms with Crippen LogP contribution in [-0.2, 0) is 11.2 Å². The van der Waals surface area contributed by atoms with Gasteiger partial charge in [-0.15, -0.1) is 0 Å². The van der Waals surface area contributed by atoms with E-state index in [1.807, 2.05) is 24.3 Å². The smallest absolute Gasteiger partial charge is 0.254 e. The van der Waals surface area contributed by atoms with Crippen LogP contribution in [0.4, 0.5) is 4.39 Å². The highest BCUT2D eigenvalue weighted by Crippen LogP contribution is 2.15. The van der Waals surface area contributed by atoms with Crippen LogP contribution in [0.2, 0.25) is 0 Å². The normalized spacial score (nSPS) is 14.1. The third-order valence-electron chi connectivity index (χ3n) is 5.12. The fourth-order valence-corrected chi connectivity index (χ4v) is 3.27. The van der Waals surface area contributed by atoms with Crippen molar-refractivity contribution in [3.63, 3.8) is 0 Å². The van der Waals surface area contributed by atoms with Crippen LogP contribution in [0, 0.1) is 12.7 Å². The molecule has 1 fully saturated rings. The Balaban J connectivity index is 1.49. The van der Waals surface area contributed by atoms with E-state index in [4.69, 9.17) is 4.74 Å². The van der Waals surface area contributed by atoms with Gasteiger partial charge >= 0.3 is 0 Å². The molecule has 0 bridgehead atoms. The molecule has 2 amide bonds. The quantitative estimate of drug-likeness (QED) is 0.796. The van der Waals surface area contributed by atoms with E-state index in [2.05, 4.69) is 0 Å². The van der Waals surface area contributed by atoms with Crippen molar-refractivity contribution in [3.8, 4) is 5.75 Å². The first kappa shape index (κ1) is 19.9. The first-order valence-electron chi connectivity index (χ1n) is 9.44. The second-order valence-corrected chi connectivity index (χ2v) is 6.99. The van der Waals surface area contributed by atoms with Crippen LogP contribution < -0.4 is 4.74 Å². The highest BCUT2D eigenvalue weighted by atomic mass is 19.1. The van der Waals surface area contributed by atoms with E-state index in [-0.39, 0.29) is 17.6 Å². The molecule has 1 aliphatic heterocycles. The molecular formula is C22H25FN2O3. The van der Waals surface area contributed by atoms with Crippen LogP contribution in [0.3, 0.4) is 0 Å². The van der Waals surface area contributed by atoms with Gasteiger partial charge in [-0.1, -0.05) is 18.2 Å². The van der Waals surface area contributed by atoms with Crippen molar-refractivity contribution < 1.29 is 18.7 Å². The topological polar surface area (TPSA) is 49.9 Å². The van der Waals surface area contributed by atoms with E-state index in [0.29, 0.717) is 50.1 Å². The molecule has 1 saturated heterocycles. The van der Waals surface area contributed by atoms with E-state index >= 15 is 0 Å². The summed E-state index contributed by atoms with van der Waals surface area (Å²) in [6.45, 7) is 3.59. The number of piperazine rings is 1. The largest absolute Gasteiger partial charge is 0.497 e. The molecule has 5 nitrogen and oxygen atoms in total. The summed E-state index contributed by atoms with van der Waals surface area (Å²) in [6.07, 6.45) is 1.11. The van der Waals surface area contributed by atoms with Crippen molar-refractivity contribution in [1.82, 2.24) is 9.80 Å². The van der Waals surface area contributed by atoms with Gasteiger partial charge in [0.05, 0.1) is 7.11 Å². The summed E-state index contributed by atoms with van der Waals surface area (Å²) in [5.41, 5.74) is 1.95.